The minimum Gasteiger partial charge on any atom is -0.454 e. The van der Waals surface area contributed by atoms with Crippen LogP contribution >= 0.6 is 31.9 Å². The van der Waals surface area contributed by atoms with E-state index in [2.05, 4.69) is 37.2 Å². The van der Waals surface area contributed by atoms with Crippen molar-refractivity contribution in [1.82, 2.24) is 9.80 Å². The van der Waals surface area contributed by atoms with Crippen LogP contribution in [0.5, 0.6) is 11.5 Å². The minimum atomic E-state index is -0.491. The summed E-state index contributed by atoms with van der Waals surface area (Å²) in [6.07, 6.45) is 2.02. The maximum atomic E-state index is 14.3. The molecule has 4 rings (SSSR count). The van der Waals surface area contributed by atoms with E-state index in [9.17, 15) is 14.0 Å². The second-order valence-electron chi connectivity index (χ2n) is 8.30. The topological polar surface area (TPSA) is 61.9 Å². The fraction of sp³-hybridized carbons (Fsp3) is 0.231. The number of ether oxygens (including phenoxy) is 1. The average molecular weight is 605 g/mol. The van der Waals surface area contributed by atoms with Crippen LogP contribution in [-0.2, 0) is 6.54 Å². The van der Waals surface area contributed by atoms with E-state index >= 15 is 0 Å². The first kappa shape index (κ1) is 25.2. The van der Waals surface area contributed by atoms with Crippen molar-refractivity contribution in [3.63, 3.8) is 0 Å². The fourth-order valence-corrected chi connectivity index (χ4v) is 4.67. The summed E-state index contributed by atoms with van der Waals surface area (Å²) in [7, 11) is 1.65. The lowest BCUT2D eigenvalue weighted by Gasteiger charge is -2.21. The number of anilines is 1. The van der Waals surface area contributed by atoms with Crippen LogP contribution in [0.15, 0.2) is 69.6 Å². The molecule has 182 valence electrons. The van der Waals surface area contributed by atoms with Gasteiger partial charge < -0.3 is 19.9 Å². The summed E-state index contributed by atoms with van der Waals surface area (Å²) in [5.74, 6) is 0.0135. The second-order valence-corrected chi connectivity index (χ2v) is 10.1. The first-order valence-electron chi connectivity index (χ1n) is 11.1. The highest BCUT2D eigenvalue weighted by Gasteiger charge is 2.21. The Morgan fingerprint density at radius 2 is 1.74 bits per heavy atom. The van der Waals surface area contributed by atoms with Crippen molar-refractivity contribution in [2.75, 3.05) is 25.5 Å². The minimum absolute atomic E-state index is 0.0427. The first-order chi connectivity index (χ1) is 16.8. The number of urea groups is 1. The number of halogens is 3. The molecule has 0 atom stereocenters. The van der Waals surface area contributed by atoms with Crippen LogP contribution in [0.1, 0.15) is 28.8 Å². The zero-order valence-corrected chi connectivity index (χ0v) is 22.2. The predicted molar refractivity (Wildman–Crippen MR) is 140 cm³/mol. The smallest absolute Gasteiger partial charge is 0.321 e. The fourth-order valence-electron chi connectivity index (χ4n) is 3.84. The number of likely N-dealkylation sites (tertiary alicyclic amines) is 1. The van der Waals surface area contributed by atoms with Gasteiger partial charge in [-0.05, 0) is 55.3 Å². The zero-order valence-electron chi connectivity index (χ0n) is 19.1. The van der Waals surface area contributed by atoms with Gasteiger partial charge in [-0.1, -0.05) is 50.1 Å². The Hall–Kier alpha value is -2.91. The van der Waals surface area contributed by atoms with Gasteiger partial charge in [0.05, 0.1) is 6.54 Å². The van der Waals surface area contributed by atoms with Gasteiger partial charge >= 0.3 is 6.03 Å². The quantitative estimate of drug-likeness (QED) is 0.328. The first-order valence-corrected chi connectivity index (χ1v) is 12.7. The standard InChI is InChI=1S/C26H24Br2FN3O3/c1-31(16-17-6-2-3-7-23(17)35-24-9-8-19(27)15-22(24)29)26(34)30-21-13-18(12-20(28)14-21)25(33)32-10-4-5-11-32/h2-3,6-9,12-15H,4-5,10-11,16H2,1H3,(H,30,34). The molecule has 1 heterocycles. The summed E-state index contributed by atoms with van der Waals surface area (Å²) in [5.41, 5.74) is 1.75. The van der Waals surface area contributed by atoms with Crippen LogP contribution in [0.25, 0.3) is 0 Å². The second kappa shape index (κ2) is 11.2. The molecule has 0 radical (unpaired) electrons. The molecule has 1 aliphatic rings. The van der Waals surface area contributed by atoms with Gasteiger partial charge in [0.25, 0.3) is 5.91 Å². The molecule has 1 fully saturated rings. The van der Waals surface area contributed by atoms with Gasteiger partial charge in [0, 0.05) is 45.9 Å². The van der Waals surface area contributed by atoms with Gasteiger partial charge in [0.2, 0.25) is 0 Å². The van der Waals surface area contributed by atoms with Crippen molar-refractivity contribution in [2.45, 2.75) is 19.4 Å². The van der Waals surface area contributed by atoms with Gasteiger partial charge in [-0.2, -0.15) is 0 Å². The van der Waals surface area contributed by atoms with E-state index in [0.29, 0.717) is 31.5 Å². The van der Waals surface area contributed by atoms with E-state index in [1.807, 2.05) is 17.0 Å². The maximum absolute atomic E-state index is 14.3. The van der Waals surface area contributed by atoms with Gasteiger partial charge in [0.15, 0.2) is 11.6 Å². The molecule has 6 nitrogen and oxygen atoms in total. The third-order valence-electron chi connectivity index (χ3n) is 5.63. The molecule has 0 aromatic heterocycles. The summed E-state index contributed by atoms with van der Waals surface area (Å²) in [5, 5.41) is 2.85. The molecule has 3 aromatic rings. The van der Waals surface area contributed by atoms with E-state index in [1.54, 1.807) is 49.5 Å². The summed E-state index contributed by atoms with van der Waals surface area (Å²) >= 11 is 6.67. The number of amides is 3. The van der Waals surface area contributed by atoms with Crippen LogP contribution in [0.2, 0.25) is 0 Å². The summed E-state index contributed by atoms with van der Waals surface area (Å²) in [6.45, 7) is 1.73. The van der Waals surface area contributed by atoms with Crippen LogP contribution in [-0.4, -0.2) is 41.9 Å². The van der Waals surface area contributed by atoms with E-state index in [4.69, 9.17) is 4.74 Å². The molecule has 0 spiro atoms. The molecule has 0 unspecified atom stereocenters. The third kappa shape index (κ3) is 6.41. The van der Waals surface area contributed by atoms with Crippen LogP contribution in [0, 0.1) is 5.82 Å². The van der Waals surface area contributed by atoms with E-state index in [0.717, 1.165) is 25.9 Å². The number of nitrogens with one attached hydrogen (secondary N) is 1. The van der Waals surface area contributed by atoms with Gasteiger partial charge in [0.1, 0.15) is 5.75 Å². The summed E-state index contributed by atoms with van der Waals surface area (Å²) in [6, 6.07) is 16.6. The average Bonchev–Trinajstić information content (AvgIpc) is 3.36. The highest BCUT2D eigenvalue weighted by atomic mass is 79.9. The largest absolute Gasteiger partial charge is 0.454 e. The highest BCUT2D eigenvalue weighted by Crippen LogP contribution is 2.30. The SMILES string of the molecule is CN(Cc1ccccc1Oc1ccc(Br)cc1F)C(=O)Nc1cc(Br)cc(C(=O)N2CCCC2)c1. The van der Waals surface area contributed by atoms with Crippen LogP contribution in [0.4, 0.5) is 14.9 Å². The Kier molecular flexibility index (Phi) is 8.07. The number of para-hydroxylation sites is 1. The number of benzene rings is 3. The molecular weight excluding hydrogens is 581 g/mol. The molecule has 1 aliphatic heterocycles. The van der Waals surface area contributed by atoms with Crippen molar-refractivity contribution in [3.05, 3.63) is 86.6 Å². The van der Waals surface area contributed by atoms with Crippen molar-refractivity contribution < 1.29 is 18.7 Å². The zero-order chi connectivity index (χ0) is 24.9. The maximum Gasteiger partial charge on any atom is 0.321 e. The molecule has 1 saturated heterocycles. The molecule has 3 aromatic carbocycles. The highest BCUT2D eigenvalue weighted by molar-refractivity contribution is 9.10. The summed E-state index contributed by atoms with van der Waals surface area (Å²) < 4.78 is 21.4. The molecule has 0 aliphatic carbocycles. The van der Waals surface area contributed by atoms with Crippen LogP contribution < -0.4 is 10.1 Å². The number of hydrogen-bond acceptors (Lipinski definition) is 3. The third-order valence-corrected chi connectivity index (χ3v) is 6.58. The van der Waals surface area contributed by atoms with Crippen molar-refractivity contribution in [3.8, 4) is 11.5 Å². The van der Waals surface area contributed by atoms with Crippen LogP contribution in [0.3, 0.4) is 0 Å². The lowest BCUT2D eigenvalue weighted by atomic mass is 10.1. The van der Waals surface area contributed by atoms with E-state index in [1.165, 1.54) is 11.0 Å². The Bertz CT molecular complexity index is 1250. The summed E-state index contributed by atoms with van der Waals surface area (Å²) in [4.78, 5) is 29.0. The predicted octanol–water partition coefficient (Wildman–Crippen LogP) is 7.04. The lowest BCUT2D eigenvalue weighted by molar-refractivity contribution is 0.0792. The van der Waals surface area contributed by atoms with Gasteiger partial charge in [-0.3, -0.25) is 4.79 Å². The molecule has 9 heteroatoms. The van der Waals surface area contributed by atoms with Gasteiger partial charge in [-0.25, -0.2) is 9.18 Å². The normalized spacial score (nSPS) is 13.0. The molecule has 1 N–H and O–H groups in total. The molecule has 0 bridgehead atoms. The number of rotatable bonds is 6. The Balaban J connectivity index is 1.45. The lowest BCUT2D eigenvalue weighted by Crippen LogP contribution is -2.31. The molecular formula is C26H24Br2FN3O3. The Morgan fingerprint density at radius 3 is 2.49 bits per heavy atom. The van der Waals surface area contributed by atoms with E-state index in [-0.39, 0.29) is 24.2 Å². The Morgan fingerprint density at radius 1 is 1.00 bits per heavy atom. The Labute approximate surface area is 220 Å². The number of carbonyl (C=O) groups excluding carboxylic acids is 2. The number of nitrogens with zero attached hydrogens (tertiary/aromatic N) is 2. The van der Waals surface area contributed by atoms with Crippen molar-refractivity contribution in [1.29, 1.82) is 0 Å². The van der Waals surface area contributed by atoms with Crippen molar-refractivity contribution in [2.24, 2.45) is 0 Å². The number of carbonyl (C=O) groups is 2. The van der Waals surface area contributed by atoms with Gasteiger partial charge in [-0.15, -0.1) is 0 Å². The molecule has 35 heavy (non-hydrogen) atoms. The molecule has 3 amide bonds. The molecule has 0 saturated carbocycles. The van der Waals surface area contributed by atoms with Crippen molar-refractivity contribution >= 4 is 49.5 Å². The van der Waals surface area contributed by atoms with E-state index < -0.39 is 5.82 Å². The number of hydrogen-bond donors (Lipinski definition) is 1. The monoisotopic (exact) mass is 603 g/mol.